The molecule has 2 aromatic rings. The molecule has 1 atom stereocenters. The quantitative estimate of drug-likeness (QED) is 0.906. The van der Waals surface area contributed by atoms with Crippen LogP contribution in [0.15, 0.2) is 30.6 Å². The zero-order valence-electron chi connectivity index (χ0n) is 9.65. The van der Waals surface area contributed by atoms with Gasteiger partial charge in [0.15, 0.2) is 5.82 Å². The van der Waals surface area contributed by atoms with E-state index in [0.717, 1.165) is 12.4 Å². The Morgan fingerprint density at radius 2 is 1.95 bits per heavy atom. The van der Waals surface area contributed by atoms with Gasteiger partial charge >= 0.3 is 0 Å². The third-order valence-electron chi connectivity index (χ3n) is 2.45. The van der Waals surface area contributed by atoms with Gasteiger partial charge in [-0.15, -0.1) is 0 Å². The van der Waals surface area contributed by atoms with Crippen molar-refractivity contribution >= 4 is 17.5 Å². The zero-order valence-corrected chi connectivity index (χ0v) is 10.4. The van der Waals surface area contributed by atoms with E-state index in [-0.39, 0.29) is 17.6 Å². The lowest BCUT2D eigenvalue weighted by atomic mass is 10.1. The van der Waals surface area contributed by atoms with E-state index in [9.17, 15) is 13.9 Å². The lowest BCUT2D eigenvalue weighted by Crippen LogP contribution is -2.16. The van der Waals surface area contributed by atoms with Gasteiger partial charge in [0.2, 0.25) is 5.95 Å². The number of nitrogens with zero attached hydrogens (tertiary/aromatic N) is 2. The Bertz CT molecular complexity index is 565. The highest BCUT2D eigenvalue weighted by molar-refractivity contribution is 6.30. The standard InChI is InChI=1S/C12H10ClF2N3O/c13-9-2-1-7(3-10(9)15)11(6-19)18-12-16-4-8(14)5-17-12/h1-5,11,19H,6H2,(H,16,17,18). The topological polar surface area (TPSA) is 58.0 Å². The summed E-state index contributed by atoms with van der Waals surface area (Å²) in [5, 5.41) is 12.1. The molecule has 0 saturated heterocycles. The number of aliphatic hydroxyl groups is 1. The summed E-state index contributed by atoms with van der Waals surface area (Å²) in [4.78, 5) is 7.41. The van der Waals surface area contributed by atoms with Crippen molar-refractivity contribution in [1.82, 2.24) is 9.97 Å². The zero-order chi connectivity index (χ0) is 13.8. The molecule has 0 saturated carbocycles. The minimum atomic E-state index is -0.614. The maximum Gasteiger partial charge on any atom is 0.223 e. The first-order valence-electron chi connectivity index (χ1n) is 5.40. The molecular weight excluding hydrogens is 276 g/mol. The third kappa shape index (κ3) is 3.36. The number of anilines is 1. The van der Waals surface area contributed by atoms with Crippen LogP contribution in [-0.2, 0) is 0 Å². The second kappa shape index (κ2) is 5.90. The predicted octanol–water partition coefficient (Wildman–Crippen LogP) is 2.55. The molecule has 1 heterocycles. The number of nitrogens with one attached hydrogen (secondary N) is 1. The van der Waals surface area contributed by atoms with E-state index in [2.05, 4.69) is 15.3 Å². The maximum absolute atomic E-state index is 13.3. The van der Waals surface area contributed by atoms with E-state index in [1.54, 1.807) is 6.07 Å². The van der Waals surface area contributed by atoms with E-state index in [1.165, 1.54) is 12.1 Å². The van der Waals surface area contributed by atoms with E-state index in [4.69, 9.17) is 11.6 Å². The van der Waals surface area contributed by atoms with Crippen LogP contribution in [0.2, 0.25) is 5.02 Å². The summed E-state index contributed by atoms with van der Waals surface area (Å²) in [6, 6.07) is 3.56. The molecule has 0 bridgehead atoms. The Labute approximate surface area is 113 Å². The summed E-state index contributed by atoms with van der Waals surface area (Å²) in [6.07, 6.45) is 1.98. The molecule has 7 heteroatoms. The molecule has 4 nitrogen and oxygen atoms in total. The summed E-state index contributed by atoms with van der Waals surface area (Å²) in [5.41, 5.74) is 0.484. The second-order valence-electron chi connectivity index (χ2n) is 3.78. The Hall–Kier alpha value is -1.79. The Morgan fingerprint density at radius 3 is 2.53 bits per heavy atom. The van der Waals surface area contributed by atoms with Crippen LogP contribution in [0.5, 0.6) is 0 Å². The first-order chi connectivity index (χ1) is 9.10. The van der Waals surface area contributed by atoms with Crippen LogP contribution in [0.25, 0.3) is 0 Å². The molecule has 0 fully saturated rings. The lowest BCUT2D eigenvalue weighted by molar-refractivity contribution is 0.275. The first kappa shape index (κ1) is 13.6. The highest BCUT2D eigenvalue weighted by Gasteiger charge is 2.13. The van der Waals surface area contributed by atoms with E-state index in [0.29, 0.717) is 5.56 Å². The second-order valence-corrected chi connectivity index (χ2v) is 4.19. The number of rotatable bonds is 4. The van der Waals surface area contributed by atoms with Crippen LogP contribution in [0.4, 0.5) is 14.7 Å². The molecule has 0 aliphatic heterocycles. The summed E-state index contributed by atoms with van der Waals surface area (Å²) in [5.74, 6) is -1.01. The minimum absolute atomic E-state index is 0.00141. The fourth-order valence-corrected chi connectivity index (χ4v) is 1.62. The summed E-state index contributed by atoms with van der Waals surface area (Å²) in [6.45, 7) is -0.304. The van der Waals surface area contributed by atoms with Gasteiger partial charge in [-0.1, -0.05) is 17.7 Å². The summed E-state index contributed by atoms with van der Waals surface area (Å²) in [7, 11) is 0. The molecular formula is C12H10ClF2N3O. The van der Waals surface area contributed by atoms with Crippen molar-refractivity contribution < 1.29 is 13.9 Å². The number of benzene rings is 1. The molecule has 100 valence electrons. The van der Waals surface area contributed by atoms with Gasteiger partial charge in [0.25, 0.3) is 0 Å². The molecule has 0 amide bonds. The molecule has 2 N–H and O–H groups in total. The van der Waals surface area contributed by atoms with Crippen LogP contribution in [-0.4, -0.2) is 21.7 Å². The number of aromatic nitrogens is 2. The highest BCUT2D eigenvalue weighted by Crippen LogP contribution is 2.22. The smallest absolute Gasteiger partial charge is 0.223 e. The van der Waals surface area contributed by atoms with Crippen LogP contribution in [0.1, 0.15) is 11.6 Å². The SMILES string of the molecule is OCC(Nc1ncc(F)cn1)c1ccc(Cl)c(F)c1. The molecule has 1 unspecified atom stereocenters. The number of hydrogen-bond acceptors (Lipinski definition) is 4. The normalized spacial score (nSPS) is 12.2. The van der Waals surface area contributed by atoms with Gasteiger partial charge in [0, 0.05) is 0 Å². The highest BCUT2D eigenvalue weighted by atomic mass is 35.5. The summed E-state index contributed by atoms with van der Waals surface area (Å²) >= 11 is 5.58. The average Bonchev–Trinajstić information content (AvgIpc) is 2.41. The van der Waals surface area contributed by atoms with Crippen molar-refractivity contribution in [2.75, 3.05) is 11.9 Å². The maximum atomic E-state index is 13.3. The third-order valence-corrected chi connectivity index (χ3v) is 2.76. The predicted molar refractivity (Wildman–Crippen MR) is 66.8 cm³/mol. The molecule has 1 aromatic carbocycles. The fraction of sp³-hybridized carbons (Fsp3) is 0.167. The van der Waals surface area contributed by atoms with Crippen LogP contribution >= 0.6 is 11.6 Å². The van der Waals surface area contributed by atoms with Gasteiger partial charge in [-0.3, -0.25) is 0 Å². The Kier molecular flexibility index (Phi) is 4.24. The minimum Gasteiger partial charge on any atom is -0.394 e. The van der Waals surface area contributed by atoms with E-state index >= 15 is 0 Å². The molecule has 1 aromatic heterocycles. The van der Waals surface area contributed by atoms with Crippen molar-refractivity contribution in [3.05, 3.63) is 52.8 Å². The van der Waals surface area contributed by atoms with Gasteiger partial charge in [0.05, 0.1) is 30.1 Å². The molecule has 0 aliphatic rings. The summed E-state index contributed by atoms with van der Waals surface area (Å²) < 4.78 is 26.0. The van der Waals surface area contributed by atoms with Gasteiger partial charge in [0.1, 0.15) is 5.82 Å². The van der Waals surface area contributed by atoms with Crippen molar-refractivity contribution in [1.29, 1.82) is 0 Å². The molecule has 0 spiro atoms. The number of aliphatic hydroxyl groups excluding tert-OH is 1. The van der Waals surface area contributed by atoms with E-state index < -0.39 is 17.7 Å². The van der Waals surface area contributed by atoms with Crippen LogP contribution in [0.3, 0.4) is 0 Å². The fourth-order valence-electron chi connectivity index (χ4n) is 1.51. The molecule has 0 aliphatic carbocycles. The van der Waals surface area contributed by atoms with Crippen LogP contribution < -0.4 is 5.32 Å². The van der Waals surface area contributed by atoms with Gasteiger partial charge in [-0.2, -0.15) is 0 Å². The van der Waals surface area contributed by atoms with Crippen molar-refractivity contribution in [2.24, 2.45) is 0 Å². The van der Waals surface area contributed by atoms with E-state index in [1.807, 2.05) is 0 Å². The van der Waals surface area contributed by atoms with Crippen molar-refractivity contribution in [2.45, 2.75) is 6.04 Å². The lowest BCUT2D eigenvalue weighted by Gasteiger charge is -2.16. The number of halogens is 3. The van der Waals surface area contributed by atoms with Crippen LogP contribution in [0, 0.1) is 11.6 Å². The average molecular weight is 286 g/mol. The first-order valence-corrected chi connectivity index (χ1v) is 5.78. The van der Waals surface area contributed by atoms with Crippen molar-refractivity contribution in [3.63, 3.8) is 0 Å². The molecule has 2 rings (SSSR count). The largest absolute Gasteiger partial charge is 0.394 e. The van der Waals surface area contributed by atoms with Gasteiger partial charge in [-0.05, 0) is 17.7 Å². The Morgan fingerprint density at radius 1 is 1.26 bits per heavy atom. The molecule has 19 heavy (non-hydrogen) atoms. The van der Waals surface area contributed by atoms with Gasteiger partial charge in [-0.25, -0.2) is 18.7 Å². The van der Waals surface area contributed by atoms with Crippen molar-refractivity contribution in [3.8, 4) is 0 Å². The molecule has 0 radical (unpaired) electrons. The Balaban J connectivity index is 2.19. The number of hydrogen-bond donors (Lipinski definition) is 2. The monoisotopic (exact) mass is 285 g/mol. The van der Waals surface area contributed by atoms with Gasteiger partial charge < -0.3 is 10.4 Å².